The van der Waals surface area contributed by atoms with Crippen molar-refractivity contribution in [3.05, 3.63) is 64.1 Å². The van der Waals surface area contributed by atoms with Crippen molar-refractivity contribution >= 4 is 5.91 Å². The molecule has 0 fully saturated rings. The Labute approximate surface area is 103 Å². The minimum Gasteiger partial charge on any atom is -0.508 e. The van der Waals surface area contributed by atoms with E-state index in [2.05, 4.69) is 10.3 Å². The van der Waals surface area contributed by atoms with Gasteiger partial charge in [0.05, 0.1) is 5.56 Å². The second-order valence-electron chi connectivity index (χ2n) is 3.79. The van der Waals surface area contributed by atoms with E-state index in [4.69, 9.17) is 0 Å². The summed E-state index contributed by atoms with van der Waals surface area (Å²) in [5, 5.41) is 12.0. The van der Waals surface area contributed by atoms with Crippen LogP contribution in [0.1, 0.15) is 15.9 Å². The number of H-pyrrole nitrogens is 1. The number of carbonyl (C=O) groups excluding carboxylic acids is 1. The maximum atomic E-state index is 11.7. The van der Waals surface area contributed by atoms with Crippen molar-refractivity contribution in [2.45, 2.75) is 6.54 Å². The molecule has 1 aromatic carbocycles. The Bertz CT molecular complexity index is 599. The van der Waals surface area contributed by atoms with Crippen molar-refractivity contribution in [3.63, 3.8) is 0 Å². The zero-order chi connectivity index (χ0) is 13.0. The van der Waals surface area contributed by atoms with Gasteiger partial charge in [0.25, 0.3) is 5.91 Å². The number of hydrogen-bond donors (Lipinski definition) is 3. The van der Waals surface area contributed by atoms with Gasteiger partial charge in [0.2, 0.25) is 5.56 Å². The van der Waals surface area contributed by atoms with Crippen LogP contribution >= 0.6 is 0 Å². The Balaban J connectivity index is 2.00. The fourth-order valence-corrected chi connectivity index (χ4v) is 1.50. The summed E-state index contributed by atoms with van der Waals surface area (Å²) >= 11 is 0. The first-order chi connectivity index (χ1) is 8.65. The van der Waals surface area contributed by atoms with Crippen LogP contribution < -0.4 is 10.9 Å². The number of aromatic nitrogens is 1. The van der Waals surface area contributed by atoms with E-state index in [9.17, 15) is 14.7 Å². The van der Waals surface area contributed by atoms with Crippen LogP contribution in [-0.2, 0) is 6.54 Å². The van der Waals surface area contributed by atoms with Gasteiger partial charge in [-0.25, -0.2) is 0 Å². The number of carbonyl (C=O) groups is 1. The quantitative estimate of drug-likeness (QED) is 0.753. The number of nitrogens with one attached hydrogen (secondary N) is 2. The average molecular weight is 244 g/mol. The summed E-state index contributed by atoms with van der Waals surface area (Å²) in [6, 6.07) is 9.39. The summed E-state index contributed by atoms with van der Waals surface area (Å²) in [4.78, 5) is 25.0. The topological polar surface area (TPSA) is 82.2 Å². The third-order valence-corrected chi connectivity index (χ3v) is 2.41. The summed E-state index contributed by atoms with van der Waals surface area (Å²) in [5.74, 6) is -0.125. The molecule has 0 saturated carbocycles. The third-order valence-electron chi connectivity index (χ3n) is 2.41. The fourth-order valence-electron chi connectivity index (χ4n) is 1.50. The molecule has 0 saturated heterocycles. The number of phenolic OH excluding ortho intramolecular Hbond substituents is 1. The predicted molar refractivity (Wildman–Crippen MR) is 66.3 cm³/mol. The van der Waals surface area contributed by atoms with Crippen molar-refractivity contribution in [2.75, 3.05) is 0 Å². The first-order valence-electron chi connectivity index (χ1n) is 5.40. The molecule has 0 radical (unpaired) electrons. The van der Waals surface area contributed by atoms with Crippen LogP contribution in [0, 0.1) is 0 Å². The summed E-state index contributed by atoms with van der Waals surface area (Å²) in [5.41, 5.74) is 0.932. The standard InChI is InChI=1S/C13H12N2O3/c16-11-3-1-2-9(6-11)7-15-13(18)10-4-5-12(17)14-8-10/h1-6,8,16H,7H2,(H,14,17)(H,15,18). The Hall–Kier alpha value is -2.56. The molecule has 0 aliphatic heterocycles. The molecular weight excluding hydrogens is 232 g/mol. The molecule has 3 N–H and O–H groups in total. The van der Waals surface area contributed by atoms with E-state index in [-0.39, 0.29) is 17.2 Å². The summed E-state index contributed by atoms with van der Waals surface area (Å²) < 4.78 is 0. The van der Waals surface area contributed by atoms with Gasteiger partial charge in [-0.3, -0.25) is 9.59 Å². The second-order valence-corrected chi connectivity index (χ2v) is 3.79. The van der Waals surface area contributed by atoms with E-state index in [1.54, 1.807) is 24.3 Å². The molecule has 5 heteroatoms. The van der Waals surface area contributed by atoms with Gasteiger partial charge in [0.1, 0.15) is 5.75 Å². The number of aromatic hydroxyl groups is 1. The highest BCUT2D eigenvalue weighted by Gasteiger charge is 2.04. The zero-order valence-corrected chi connectivity index (χ0v) is 9.51. The van der Waals surface area contributed by atoms with Gasteiger partial charge < -0.3 is 15.4 Å². The number of phenols is 1. The maximum Gasteiger partial charge on any atom is 0.253 e. The Morgan fingerprint density at radius 3 is 2.78 bits per heavy atom. The summed E-state index contributed by atoms with van der Waals surface area (Å²) in [7, 11) is 0. The lowest BCUT2D eigenvalue weighted by atomic mass is 10.2. The molecule has 0 bridgehead atoms. The molecule has 92 valence electrons. The van der Waals surface area contributed by atoms with Crippen LogP contribution in [0.2, 0.25) is 0 Å². The average Bonchev–Trinajstić information content (AvgIpc) is 2.37. The van der Waals surface area contributed by atoms with E-state index >= 15 is 0 Å². The second kappa shape index (κ2) is 5.18. The molecule has 0 atom stereocenters. The minimum absolute atomic E-state index is 0.158. The van der Waals surface area contributed by atoms with Gasteiger partial charge in [0.15, 0.2) is 0 Å². The number of aromatic amines is 1. The molecule has 1 amide bonds. The highest BCUT2D eigenvalue weighted by Crippen LogP contribution is 2.10. The van der Waals surface area contributed by atoms with Crippen molar-refractivity contribution in [3.8, 4) is 5.75 Å². The van der Waals surface area contributed by atoms with Crippen molar-refractivity contribution < 1.29 is 9.90 Å². The first kappa shape index (κ1) is 11.9. The van der Waals surface area contributed by atoms with Crippen LogP contribution in [0.3, 0.4) is 0 Å². The monoisotopic (exact) mass is 244 g/mol. The zero-order valence-electron chi connectivity index (χ0n) is 9.51. The molecule has 0 aliphatic rings. The van der Waals surface area contributed by atoms with E-state index < -0.39 is 0 Å². The third kappa shape index (κ3) is 2.98. The molecule has 5 nitrogen and oxygen atoms in total. The SMILES string of the molecule is O=C(NCc1cccc(O)c1)c1ccc(=O)[nH]c1. The number of hydrogen-bond acceptors (Lipinski definition) is 3. The summed E-state index contributed by atoms with van der Waals surface area (Å²) in [6.45, 7) is 0.312. The Kier molecular flexibility index (Phi) is 3.43. The van der Waals surface area contributed by atoms with E-state index in [1.165, 1.54) is 18.3 Å². The lowest BCUT2D eigenvalue weighted by molar-refractivity contribution is 0.0950. The lowest BCUT2D eigenvalue weighted by Gasteiger charge is -2.05. The molecule has 1 aromatic heterocycles. The van der Waals surface area contributed by atoms with Crippen LogP contribution in [0.4, 0.5) is 0 Å². The predicted octanol–water partition coefficient (Wildman–Crippen LogP) is 1.01. The van der Waals surface area contributed by atoms with E-state index in [0.29, 0.717) is 12.1 Å². The normalized spacial score (nSPS) is 10.0. The highest BCUT2D eigenvalue weighted by molar-refractivity contribution is 5.93. The number of amides is 1. The molecule has 2 aromatic rings. The number of benzene rings is 1. The van der Waals surface area contributed by atoms with Gasteiger partial charge >= 0.3 is 0 Å². The van der Waals surface area contributed by atoms with Crippen LogP contribution in [0.25, 0.3) is 0 Å². The summed E-state index contributed by atoms with van der Waals surface area (Å²) in [6.07, 6.45) is 1.36. The van der Waals surface area contributed by atoms with Gasteiger partial charge in [-0.2, -0.15) is 0 Å². The first-order valence-corrected chi connectivity index (χ1v) is 5.40. The van der Waals surface area contributed by atoms with Crippen LogP contribution in [0.5, 0.6) is 5.75 Å². The molecule has 2 rings (SSSR count). The molecule has 0 unspecified atom stereocenters. The molecular formula is C13H12N2O3. The van der Waals surface area contributed by atoms with Gasteiger partial charge in [-0.1, -0.05) is 12.1 Å². The smallest absolute Gasteiger partial charge is 0.253 e. The number of rotatable bonds is 3. The van der Waals surface area contributed by atoms with E-state index in [0.717, 1.165) is 5.56 Å². The maximum absolute atomic E-state index is 11.7. The van der Waals surface area contributed by atoms with Crippen molar-refractivity contribution in [1.82, 2.24) is 10.3 Å². The molecule has 1 heterocycles. The minimum atomic E-state index is -0.283. The molecule has 0 spiro atoms. The number of pyridine rings is 1. The molecule has 0 aliphatic carbocycles. The largest absolute Gasteiger partial charge is 0.508 e. The van der Waals surface area contributed by atoms with Crippen molar-refractivity contribution in [2.24, 2.45) is 0 Å². The molecule has 18 heavy (non-hydrogen) atoms. The van der Waals surface area contributed by atoms with Crippen LogP contribution in [0.15, 0.2) is 47.4 Å². The Morgan fingerprint density at radius 2 is 2.11 bits per heavy atom. The lowest BCUT2D eigenvalue weighted by Crippen LogP contribution is -2.23. The fraction of sp³-hybridized carbons (Fsp3) is 0.0769. The van der Waals surface area contributed by atoms with Crippen molar-refractivity contribution in [1.29, 1.82) is 0 Å². The van der Waals surface area contributed by atoms with Gasteiger partial charge in [-0.05, 0) is 23.8 Å². The van der Waals surface area contributed by atoms with E-state index in [1.807, 2.05) is 0 Å². The van der Waals surface area contributed by atoms with Crippen LogP contribution in [-0.4, -0.2) is 16.0 Å². The van der Waals surface area contributed by atoms with Gasteiger partial charge in [-0.15, -0.1) is 0 Å². The van der Waals surface area contributed by atoms with Gasteiger partial charge in [0, 0.05) is 18.8 Å². The Morgan fingerprint density at radius 1 is 1.28 bits per heavy atom. The highest BCUT2D eigenvalue weighted by atomic mass is 16.3.